The minimum Gasteiger partial charge on any atom is -0.474 e. The van der Waals surface area contributed by atoms with Gasteiger partial charge in [-0.3, -0.25) is 9.59 Å². The van der Waals surface area contributed by atoms with E-state index in [0.717, 1.165) is 44.9 Å². The van der Waals surface area contributed by atoms with Gasteiger partial charge in [0.05, 0.1) is 0 Å². The van der Waals surface area contributed by atoms with Gasteiger partial charge in [0, 0.05) is 36.8 Å². The Morgan fingerprint density at radius 1 is 0.500 bits per heavy atom. The van der Waals surface area contributed by atoms with Gasteiger partial charge in [-0.25, -0.2) is 0 Å². The Kier molecular flexibility index (Phi) is 6.82. The Morgan fingerprint density at radius 2 is 0.854 bits per heavy atom. The molecule has 252 valence electrons. The molecular weight excluding hydrogens is 592 g/mol. The summed E-state index contributed by atoms with van der Waals surface area (Å²) in [7, 11) is 0. The molecule has 0 N–H and O–H groups in total. The van der Waals surface area contributed by atoms with Crippen LogP contribution in [0.15, 0.2) is 70.9 Å². The highest BCUT2D eigenvalue weighted by atomic mass is 16.5. The second-order valence-corrected chi connectivity index (χ2v) is 19.1. The molecule has 0 saturated heterocycles. The van der Waals surface area contributed by atoms with Gasteiger partial charge in [-0.2, -0.15) is 0 Å². The fraction of sp³-hybridized carbons (Fsp3) is 0.500. The second kappa shape index (κ2) is 9.96. The van der Waals surface area contributed by atoms with Crippen molar-refractivity contribution in [1.82, 2.24) is 0 Å². The SMILES string of the molecule is CC(C)(C)C1=C[C@@]23Cc4cc(C(C)(C)C)cc(c4O2)Cc2cc(C(C)(C)C)cc4c2O[C@@]2(C=C(C(C)(C)C)C=C(CC(=C1)C3=O)C2=O)C4. The van der Waals surface area contributed by atoms with E-state index >= 15 is 0 Å². The third-order valence-corrected chi connectivity index (χ3v) is 11.0. The average Bonchev–Trinajstić information content (AvgIpc) is 3.50. The molecule has 5 aliphatic rings. The molecule has 2 spiro atoms. The average molecular weight is 645 g/mol. The maximum absolute atomic E-state index is 14.8. The first kappa shape index (κ1) is 32.9. The molecule has 48 heavy (non-hydrogen) atoms. The van der Waals surface area contributed by atoms with Crippen LogP contribution in [-0.4, -0.2) is 22.8 Å². The van der Waals surface area contributed by atoms with Crippen LogP contribution >= 0.6 is 0 Å². The smallest absolute Gasteiger partial charge is 0.207 e. The van der Waals surface area contributed by atoms with Crippen molar-refractivity contribution in [3.63, 3.8) is 0 Å². The molecule has 0 saturated carbocycles. The van der Waals surface area contributed by atoms with E-state index in [9.17, 15) is 9.59 Å². The summed E-state index contributed by atoms with van der Waals surface area (Å²) < 4.78 is 14.1. The summed E-state index contributed by atoms with van der Waals surface area (Å²) in [4.78, 5) is 29.7. The molecule has 4 heteroatoms. The number of fused-ring (bicyclic) bond motifs is 2. The minimum atomic E-state index is -1.15. The number of ketones is 2. The maximum Gasteiger partial charge on any atom is 0.207 e. The lowest BCUT2D eigenvalue weighted by molar-refractivity contribution is -0.126. The van der Waals surface area contributed by atoms with Crippen LogP contribution in [0.25, 0.3) is 0 Å². The normalized spacial score (nSPS) is 25.0. The minimum absolute atomic E-state index is 0.0507. The highest BCUT2D eigenvalue weighted by molar-refractivity contribution is 6.11. The summed E-state index contributed by atoms with van der Waals surface area (Å²) in [6.07, 6.45) is 9.97. The van der Waals surface area contributed by atoms with Gasteiger partial charge in [0.2, 0.25) is 11.6 Å². The standard InChI is InChI=1S/C44H52O4/c1-39(2,3)31-15-25-13-26-16-32(40(4,5)6)20-30-22-44(48-36(26)30)24-34(42(10,11)12)18-28(38(44)46)14-27-17-33(41(7,8)9)23-43(37(27)45)21-29(19-31)35(25)47-43/h15-20,23-24H,13-14,21-22H2,1-12H3/t43-,44-/m1/s1. The molecule has 2 atom stereocenters. The molecular formula is C44H52O4. The summed E-state index contributed by atoms with van der Waals surface area (Å²) in [6, 6.07) is 9.05. The molecule has 3 heterocycles. The van der Waals surface area contributed by atoms with Crippen molar-refractivity contribution in [1.29, 1.82) is 0 Å². The Bertz CT molecular complexity index is 1790. The Balaban J connectivity index is 1.54. The third kappa shape index (κ3) is 5.17. The zero-order valence-electron chi connectivity index (χ0n) is 31.1. The molecule has 0 unspecified atom stereocenters. The van der Waals surface area contributed by atoms with Crippen LogP contribution in [0.3, 0.4) is 0 Å². The zero-order chi connectivity index (χ0) is 35.0. The number of hydrogen-bond donors (Lipinski definition) is 0. The van der Waals surface area contributed by atoms with E-state index in [1.807, 2.05) is 12.2 Å². The molecule has 0 fully saturated rings. The van der Waals surface area contributed by atoms with Crippen LogP contribution in [0, 0.1) is 10.8 Å². The summed E-state index contributed by atoms with van der Waals surface area (Å²) >= 11 is 0. The number of ether oxygens (including phenoxy) is 2. The molecule has 7 rings (SSSR count). The molecule has 2 aromatic rings. The van der Waals surface area contributed by atoms with Gasteiger partial charge in [0.1, 0.15) is 11.5 Å². The van der Waals surface area contributed by atoms with Crippen LogP contribution in [0.5, 0.6) is 11.5 Å². The van der Waals surface area contributed by atoms with Gasteiger partial charge in [-0.15, -0.1) is 0 Å². The highest BCUT2D eigenvalue weighted by Crippen LogP contribution is 2.51. The van der Waals surface area contributed by atoms with Crippen molar-refractivity contribution in [3.8, 4) is 11.5 Å². The Morgan fingerprint density at radius 3 is 1.19 bits per heavy atom. The first-order valence-corrected chi connectivity index (χ1v) is 17.7. The molecule has 0 aromatic heterocycles. The van der Waals surface area contributed by atoms with Crippen LogP contribution in [0.1, 0.15) is 123 Å². The van der Waals surface area contributed by atoms with Crippen LogP contribution in [-0.2, 0) is 39.7 Å². The highest BCUT2D eigenvalue weighted by Gasteiger charge is 2.53. The summed E-state index contributed by atoms with van der Waals surface area (Å²) in [5, 5.41) is 0. The van der Waals surface area contributed by atoms with Gasteiger partial charge in [-0.05, 0) is 78.3 Å². The summed E-state index contributed by atoms with van der Waals surface area (Å²) in [6.45, 7) is 26.5. The number of carbonyl (C=O) groups excluding carboxylic acids is 2. The van der Waals surface area contributed by atoms with E-state index in [1.165, 1.54) is 11.1 Å². The molecule has 6 bridgehead atoms. The first-order chi connectivity index (χ1) is 22.0. The van der Waals surface area contributed by atoms with Crippen LogP contribution in [0.4, 0.5) is 0 Å². The molecule has 2 aromatic carbocycles. The van der Waals surface area contributed by atoms with Crippen molar-refractivity contribution < 1.29 is 19.1 Å². The number of benzene rings is 2. The zero-order valence-corrected chi connectivity index (χ0v) is 31.1. The Labute approximate surface area is 287 Å². The number of Topliss-reactive ketones (excluding diaryl/α,β-unsaturated/α-hetero) is 2. The largest absolute Gasteiger partial charge is 0.474 e. The van der Waals surface area contributed by atoms with Gasteiger partial charge in [0.25, 0.3) is 0 Å². The van der Waals surface area contributed by atoms with E-state index in [2.05, 4.69) is 120 Å². The summed E-state index contributed by atoms with van der Waals surface area (Å²) in [5.41, 5.74) is 7.09. The van der Waals surface area contributed by atoms with Crippen molar-refractivity contribution in [2.24, 2.45) is 10.8 Å². The van der Waals surface area contributed by atoms with Crippen LogP contribution in [0.2, 0.25) is 0 Å². The van der Waals surface area contributed by atoms with Gasteiger partial charge < -0.3 is 9.47 Å². The molecule has 3 aliphatic heterocycles. The monoisotopic (exact) mass is 644 g/mol. The van der Waals surface area contributed by atoms with Crippen molar-refractivity contribution in [3.05, 3.63) is 104 Å². The second-order valence-electron chi connectivity index (χ2n) is 19.1. The number of allylic oxidation sites excluding steroid dienone is 4. The topological polar surface area (TPSA) is 52.6 Å². The van der Waals surface area contributed by atoms with Crippen LogP contribution < -0.4 is 9.47 Å². The first-order valence-electron chi connectivity index (χ1n) is 17.7. The lowest BCUT2D eigenvalue weighted by Gasteiger charge is -2.36. The fourth-order valence-electron chi connectivity index (χ4n) is 7.88. The molecule has 0 radical (unpaired) electrons. The molecule has 4 nitrogen and oxygen atoms in total. The lowest BCUT2D eigenvalue weighted by Crippen LogP contribution is -2.47. The quantitative estimate of drug-likeness (QED) is 0.287. The summed E-state index contributed by atoms with van der Waals surface area (Å²) in [5.74, 6) is 1.52. The van der Waals surface area contributed by atoms with Crippen molar-refractivity contribution in [2.45, 2.75) is 131 Å². The fourth-order valence-corrected chi connectivity index (χ4v) is 7.88. The van der Waals surface area contributed by atoms with Crippen molar-refractivity contribution in [2.75, 3.05) is 0 Å². The van der Waals surface area contributed by atoms with Crippen molar-refractivity contribution >= 4 is 11.6 Å². The van der Waals surface area contributed by atoms with E-state index in [1.54, 1.807) is 0 Å². The number of hydrogen-bond acceptors (Lipinski definition) is 4. The van der Waals surface area contributed by atoms with E-state index < -0.39 is 11.2 Å². The predicted octanol–water partition coefficient (Wildman–Crippen LogP) is 9.59. The molecule has 2 aliphatic carbocycles. The predicted molar refractivity (Wildman–Crippen MR) is 193 cm³/mol. The number of carbonyl (C=O) groups is 2. The lowest BCUT2D eigenvalue weighted by atomic mass is 9.71. The molecule has 0 amide bonds. The van der Waals surface area contributed by atoms with Gasteiger partial charge >= 0.3 is 0 Å². The van der Waals surface area contributed by atoms with E-state index in [0.29, 0.717) is 30.4 Å². The third-order valence-electron chi connectivity index (χ3n) is 11.0. The van der Waals surface area contributed by atoms with Gasteiger partial charge in [-0.1, -0.05) is 120 Å². The number of rotatable bonds is 0. The maximum atomic E-state index is 14.8. The Hall–Kier alpha value is -3.66. The van der Waals surface area contributed by atoms with E-state index in [-0.39, 0.29) is 39.6 Å². The van der Waals surface area contributed by atoms with E-state index in [4.69, 9.17) is 9.47 Å². The van der Waals surface area contributed by atoms with Gasteiger partial charge in [0.15, 0.2) is 11.2 Å².